The Bertz CT molecular complexity index is 231. The van der Waals surface area contributed by atoms with Crippen LogP contribution in [0.1, 0.15) is 39.5 Å². The van der Waals surface area contributed by atoms with Gasteiger partial charge in [-0.1, -0.05) is 33.1 Å². The van der Waals surface area contributed by atoms with Crippen molar-refractivity contribution in [2.75, 3.05) is 6.61 Å². The molecule has 1 aliphatic rings. The average Bonchev–Trinajstić information content (AvgIpc) is 2.30. The highest BCUT2D eigenvalue weighted by atomic mass is 33.5. The highest BCUT2D eigenvalue weighted by molar-refractivity contribution is 9.08. The molecule has 8 heteroatoms. The summed E-state index contributed by atoms with van der Waals surface area (Å²) in [7, 11) is -2.02. The molecule has 1 rings (SSSR count). The van der Waals surface area contributed by atoms with Crippen molar-refractivity contribution in [1.29, 1.82) is 0 Å². The fourth-order valence-corrected chi connectivity index (χ4v) is 6.54. The van der Waals surface area contributed by atoms with E-state index in [1.165, 1.54) is 22.7 Å². The van der Waals surface area contributed by atoms with Crippen molar-refractivity contribution in [2.45, 2.75) is 39.5 Å². The van der Waals surface area contributed by atoms with Crippen molar-refractivity contribution in [3.8, 4) is 0 Å². The van der Waals surface area contributed by atoms with Gasteiger partial charge in [0.05, 0.1) is 28.8 Å². The molecule has 0 bridgehead atoms. The fraction of sp³-hybridized carbons (Fsp3) is 1.00. The van der Waals surface area contributed by atoms with Gasteiger partial charge < -0.3 is 0 Å². The average molecular weight is 304 g/mol. The standard InChI is InChI=1S/C8H17O4PS3/c1-3-5-6-8(4-2)7-10-13(9)11-14-16-15-12-13/h8H,3-7H2,1-2H3. The first-order valence-corrected chi connectivity index (χ1v) is 10.1. The Balaban J connectivity index is 2.27. The Kier molecular flexibility index (Phi) is 7.89. The molecule has 0 amide bonds. The Hall–Kier alpha value is 1.16. The lowest BCUT2D eigenvalue weighted by Crippen LogP contribution is -2.08. The molecule has 1 unspecified atom stereocenters. The lowest BCUT2D eigenvalue weighted by molar-refractivity contribution is 0.182. The second kappa shape index (κ2) is 8.29. The Morgan fingerprint density at radius 3 is 2.56 bits per heavy atom. The van der Waals surface area contributed by atoms with Gasteiger partial charge in [0.1, 0.15) is 0 Å². The zero-order chi connectivity index (χ0) is 11.9. The third-order valence-electron chi connectivity index (χ3n) is 2.31. The number of hydrogen-bond donors (Lipinski definition) is 0. The van der Waals surface area contributed by atoms with Crippen LogP contribution >= 0.6 is 39.8 Å². The largest absolute Gasteiger partial charge is 0.498 e. The molecule has 4 nitrogen and oxygen atoms in total. The fourth-order valence-electron chi connectivity index (χ4n) is 1.26. The van der Waals surface area contributed by atoms with Crippen LogP contribution < -0.4 is 0 Å². The van der Waals surface area contributed by atoms with Crippen LogP contribution in [-0.2, 0) is 17.0 Å². The first-order chi connectivity index (χ1) is 7.70. The number of hydrogen-bond acceptors (Lipinski definition) is 7. The molecule has 0 aromatic heterocycles. The molecule has 1 fully saturated rings. The second-order valence-corrected chi connectivity index (χ2v) is 8.72. The van der Waals surface area contributed by atoms with Gasteiger partial charge >= 0.3 is 7.82 Å². The highest BCUT2D eigenvalue weighted by Gasteiger charge is 2.33. The number of rotatable bonds is 7. The molecule has 0 N–H and O–H groups in total. The molecule has 0 aliphatic carbocycles. The lowest BCUT2D eigenvalue weighted by atomic mass is 10.0. The maximum Gasteiger partial charge on any atom is 0.498 e. The number of unbranched alkanes of at least 4 members (excludes halogenated alkanes) is 1. The Morgan fingerprint density at radius 2 is 2.00 bits per heavy atom. The van der Waals surface area contributed by atoms with E-state index in [0.717, 1.165) is 35.0 Å². The van der Waals surface area contributed by atoms with Crippen molar-refractivity contribution in [3.63, 3.8) is 0 Å². The van der Waals surface area contributed by atoms with E-state index in [2.05, 4.69) is 13.8 Å². The van der Waals surface area contributed by atoms with E-state index in [1.54, 1.807) is 0 Å². The molecule has 0 aromatic carbocycles. The normalized spacial score (nSPS) is 21.9. The summed E-state index contributed by atoms with van der Waals surface area (Å²) in [5, 5.41) is 0. The second-order valence-electron chi connectivity index (χ2n) is 3.51. The van der Waals surface area contributed by atoms with E-state index in [-0.39, 0.29) is 0 Å². The summed E-state index contributed by atoms with van der Waals surface area (Å²) in [5.74, 6) is 0.433. The van der Waals surface area contributed by atoms with E-state index in [9.17, 15) is 4.57 Å². The van der Waals surface area contributed by atoms with E-state index in [0.29, 0.717) is 12.5 Å². The predicted molar refractivity (Wildman–Crippen MR) is 71.8 cm³/mol. The summed E-state index contributed by atoms with van der Waals surface area (Å²) < 4.78 is 27.0. The maximum atomic E-state index is 11.8. The van der Waals surface area contributed by atoms with Crippen LogP contribution in [0.3, 0.4) is 0 Å². The van der Waals surface area contributed by atoms with Crippen LogP contribution in [0.2, 0.25) is 0 Å². The van der Waals surface area contributed by atoms with Crippen molar-refractivity contribution >= 4 is 39.8 Å². The quantitative estimate of drug-likeness (QED) is 0.362. The zero-order valence-corrected chi connectivity index (χ0v) is 12.8. The Labute approximate surface area is 109 Å². The van der Waals surface area contributed by atoms with E-state index in [4.69, 9.17) is 12.5 Å². The molecular weight excluding hydrogens is 287 g/mol. The molecule has 1 aliphatic heterocycles. The van der Waals surface area contributed by atoms with Gasteiger partial charge in [0.25, 0.3) is 0 Å². The zero-order valence-electron chi connectivity index (χ0n) is 9.42. The maximum absolute atomic E-state index is 11.8. The SMILES string of the molecule is CCCCC(CC)COP1(=O)OSSSO1. The van der Waals surface area contributed by atoms with E-state index in [1.807, 2.05) is 0 Å². The van der Waals surface area contributed by atoms with Crippen LogP contribution in [0, 0.1) is 5.92 Å². The van der Waals surface area contributed by atoms with Crippen molar-refractivity contribution in [2.24, 2.45) is 5.92 Å². The monoisotopic (exact) mass is 304 g/mol. The van der Waals surface area contributed by atoms with Crippen molar-refractivity contribution in [3.05, 3.63) is 0 Å². The molecule has 1 heterocycles. The molecule has 0 spiro atoms. The van der Waals surface area contributed by atoms with Gasteiger partial charge in [-0.2, -0.15) is 0 Å². The molecule has 0 radical (unpaired) electrons. The van der Waals surface area contributed by atoms with Gasteiger partial charge in [-0.3, -0.25) is 4.52 Å². The third kappa shape index (κ3) is 5.67. The summed E-state index contributed by atoms with van der Waals surface area (Å²) in [5.41, 5.74) is 0. The molecule has 16 heavy (non-hydrogen) atoms. The first kappa shape index (κ1) is 15.2. The van der Waals surface area contributed by atoms with Gasteiger partial charge in [-0.15, -0.1) is 0 Å². The first-order valence-electron chi connectivity index (χ1n) is 5.32. The van der Waals surface area contributed by atoms with Crippen LogP contribution in [0.4, 0.5) is 0 Å². The molecule has 96 valence electrons. The van der Waals surface area contributed by atoms with E-state index >= 15 is 0 Å². The van der Waals surface area contributed by atoms with Crippen molar-refractivity contribution in [1.82, 2.24) is 0 Å². The van der Waals surface area contributed by atoms with Crippen molar-refractivity contribution < 1.29 is 17.0 Å². The molecule has 0 aromatic rings. The molecule has 0 saturated carbocycles. The van der Waals surface area contributed by atoms with Crippen LogP contribution in [0.25, 0.3) is 0 Å². The third-order valence-corrected chi connectivity index (χ3v) is 7.26. The smallest absolute Gasteiger partial charge is 0.285 e. The van der Waals surface area contributed by atoms with Crippen LogP contribution in [-0.4, -0.2) is 6.61 Å². The molecular formula is C8H17O4PS3. The van der Waals surface area contributed by atoms with Gasteiger partial charge in [0, 0.05) is 9.83 Å². The lowest BCUT2D eigenvalue weighted by Gasteiger charge is -2.21. The minimum atomic E-state index is -3.31. The highest BCUT2D eigenvalue weighted by Crippen LogP contribution is 2.65. The molecule has 1 atom stereocenters. The van der Waals surface area contributed by atoms with Gasteiger partial charge in [0.15, 0.2) is 0 Å². The topological polar surface area (TPSA) is 44.8 Å². The van der Waals surface area contributed by atoms with E-state index < -0.39 is 7.82 Å². The minimum Gasteiger partial charge on any atom is -0.285 e. The van der Waals surface area contributed by atoms with Crippen LogP contribution in [0.5, 0.6) is 0 Å². The summed E-state index contributed by atoms with van der Waals surface area (Å²) in [6.45, 7) is 4.72. The summed E-state index contributed by atoms with van der Waals surface area (Å²) >= 11 is 2.09. The van der Waals surface area contributed by atoms with Crippen LogP contribution in [0.15, 0.2) is 0 Å². The summed E-state index contributed by atoms with van der Waals surface area (Å²) in [6.07, 6.45) is 4.47. The number of phosphoric acid groups is 1. The summed E-state index contributed by atoms with van der Waals surface area (Å²) in [6, 6.07) is 0. The van der Waals surface area contributed by atoms with Gasteiger partial charge in [-0.05, 0) is 12.3 Å². The minimum absolute atomic E-state index is 0.433. The molecule has 1 saturated heterocycles. The Morgan fingerprint density at radius 1 is 1.31 bits per heavy atom. The summed E-state index contributed by atoms with van der Waals surface area (Å²) in [4.78, 5) is 0. The van der Waals surface area contributed by atoms with Gasteiger partial charge in [-0.25, -0.2) is 12.5 Å². The predicted octanol–water partition coefficient (Wildman–Crippen LogP) is 5.23. The van der Waals surface area contributed by atoms with Gasteiger partial charge in [0.2, 0.25) is 0 Å².